The maximum Gasteiger partial charge on any atom is 0.416 e. The molecular weight excluding hydrogens is 521 g/mol. The number of aromatic nitrogens is 3. The molecule has 5 nitrogen and oxygen atoms in total. The Hall–Kier alpha value is -2.79. The number of likely N-dealkylation sites (tertiary alicyclic amines) is 1. The molecule has 3 aromatic rings. The fourth-order valence-corrected chi connectivity index (χ4v) is 4.51. The molecule has 0 unspecified atom stereocenters. The van der Waals surface area contributed by atoms with Crippen molar-refractivity contribution in [1.82, 2.24) is 19.9 Å². The summed E-state index contributed by atoms with van der Waals surface area (Å²) in [5.41, 5.74) is -2.79. The third-order valence-electron chi connectivity index (χ3n) is 5.63. The summed E-state index contributed by atoms with van der Waals surface area (Å²) in [5, 5.41) is 7.65. The number of hydrogen-bond acceptors (Lipinski definition) is 3. The Morgan fingerprint density at radius 3 is 2.23 bits per heavy atom. The molecule has 0 N–H and O–H groups in total. The van der Waals surface area contributed by atoms with Gasteiger partial charge in [-0.25, -0.2) is 4.68 Å². The molecule has 0 aliphatic carbocycles. The number of amides is 1. The van der Waals surface area contributed by atoms with Gasteiger partial charge in [0.1, 0.15) is 0 Å². The molecule has 1 aliphatic rings. The fraction of sp³-hybridized carbons (Fsp3) is 0.318. The standard InChI is InChI=1S/C22H16Cl2F6N4O/c23-16-5-2-1-4-15(16)17-6-3-7-33(17)20(35)18-19(24)34(32-31-18)11-12-8-13(21(25,26)27)10-14(9-12)22(28,29)30/h1-2,4-5,8-10,17H,3,6-7,11H2/t17-/m0/s1. The van der Waals surface area contributed by atoms with E-state index in [-0.39, 0.29) is 28.5 Å². The average Bonchev–Trinajstić information content (AvgIpc) is 3.40. The van der Waals surface area contributed by atoms with E-state index in [1.165, 1.54) is 4.90 Å². The molecule has 2 aromatic carbocycles. The van der Waals surface area contributed by atoms with Crippen molar-refractivity contribution in [2.75, 3.05) is 6.54 Å². The lowest BCUT2D eigenvalue weighted by Gasteiger charge is -2.25. The van der Waals surface area contributed by atoms with Gasteiger partial charge < -0.3 is 4.90 Å². The molecule has 0 bridgehead atoms. The topological polar surface area (TPSA) is 51.0 Å². The van der Waals surface area contributed by atoms with Gasteiger partial charge in [-0.3, -0.25) is 4.79 Å². The predicted octanol–water partition coefficient (Wildman–Crippen LogP) is 6.65. The van der Waals surface area contributed by atoms with Crippen molar-refractivity contribution in [2.24, 2.45) is 0 Å². The average molecular weight is 537 g/mol. The van der Waals surface area contributed by atoms with Crippen LogP contribution in [0.5, 0.6) is 0 Å². The summed E-state index contributed by atoms with van der Waals surface area (Å²) in [4.78, 5) is 14.7. The maximum absolute atomic E-state index is 13.2. The van der Waals surface area contributed by atoms with E-state index >= 15 is 0 Å². The highest BCUT2D eigenvalue weighted by atomic mass is 35.5. The predicted molar refractivity (Wildman–Crippen MR) is 115 cm³/mol. The number of rotatable bonds is 4. The lowest BCUT2D eigenvalue weighted by Crippen LogP contribution is -2.31. The SMILES string of the molecule is O=C(c1nnn(Cc2cc(C(F)(F)F)cc(C(F)(F)F)c2)c1Cl)N1CCC[C@H]1c1ccccc1Cl. The van der Waals surface area contributed by atoms with Crippen LogP contribution in [0.25, 0.3) is 0 Å². The Bertz CT molecular complexity index is 1230. The highest BCUT2D eigenvalue weighted by Crippen LogP contribution is 2.38. The molecule has 4 rings (SSSR count). The first-order valence-corrected chi connectivity index (χ1v) is 11.0. The summed E-state index contributed by atoms with van der Waals surface area (Å²) >= 11 is 12.5. The molecule has 13 heteroatoms. The van der Waals surface area contributed by atoms with E-state index < -0.39 is 35.9 Å². The molecular formula is C22H16Cl2F6N4O. The van der Waals surface area contributed by atoms with Gasteiger partial charge in [0.15, 0.2) is 10.8 Å². The van der Waals surface area contributed by atoms with Crippen LogP contribution in [0.15, 0.2) is 42.5 Å². The molecule has 0 radical (unpaired) electrons. The molecule has 1 fully saturated rings. The van der Waals surface area contributed by atoms with E-state index in [1.807, 2.05) is 0 Å². The molecule has 35 heavy (non-hydrogen) atoms. The van der Waals surface area contributed by atoms with Gasteiger partial charge in [-0.15, -0.1) is 5.10 Å². The molecule has 1 atom stereocenters. The third-order valence-corrected chi connectivity index (χ3v) is 6.35. The van der Waals surface area contributed by atoms with Gasteiger partial charge in [0.25, 0.3) is 5.91 Å². The van der Waals surface area contributed by atoms with E-state index in [4.69, 9.17) is 23.2 Å². The van der Waals surface area contributed by atoms with Crippen molar-refractivity contribution < 1.29 is 31.1 Å². The van der Waals surface area contributed by atoms with Gasteiger partial charge in [-0.05, 0) is 48.2 Å². The second-order valence-electron chi connectivity index (χ2n) is 7.98. The first-order valence-electron chi connectivity index (χ1n) is 10.3. The summed E-state index contributed by atoms with van der Waals surface area (Å²) in [6.07, 6.45) is -8.65. The molecule has 1 amide bonds. The number of carbonyl (C=O) groups excluding carboxylic acids is 1. The van der Waals surface area contributed by atoms with Gasteiger partial charge in [-0.2, -0.15) is 26.3 Å². The smallest absolute Gasteiger partial charge is 0.330 e. The van der Waals surface area contributed by atoms with Gasteiger partial charge in [0.2, 0.25) is 0 Å². The Labute approximate surface area is 205 Å². The Morgan fingerprint density at radius 2 is 1.63 bits per heavy atom. The second kappa shape index (κ2) is 9.34. The molecule has 186 valence electrons. The Kier molecular flexibility index (Phi) is 6.76. The molecule has 0 spiro atoms. The first kappa shape index (κ1) is 25.3. The summed E-state index contributed by atoms with van der Waals surface area (Å²) in [6.45, 7) is -0.166. The number of hydrogen-bond donors (Lipinski definition) is 0. The second-order valence-corrected chi connectivity index (χ2v) is 8.74. The van der Waals surface area contributed by atoms with E-state index in [2.05, 4.69) is 10.3 Å². The zero-order valence-electron chi connectivity index (χ0n) is 17.7. The minimum absolute atomic E-state index is 0.0314. The number of benzene rings is 2. The summed E-state index contributed by atoms with van der Waals surface area (Å²) in [5.74, 6) is -0.566. The third kappa shape index (κ3) is 5.25. The van der Waals surface area contributed by atoms with Gasteiger partial charge in [0, 0.05) is 11.6 Å². The van der Waals surface area contributed by atoms with Gasteiger partial charge >= 0.3 is 12.4 Å². The number of nitrogens with zero attached hydrogens (tertiary/aromatic N) is 4. The summed E-state index contributed by atoms with van der Waals surface area (Å²) in [6, 6.07) is 7.88. The molecule has 0 saturated carbocycles. The zero-order chi connectivity index (χ0) is 25.5. The lowest BCUT2D eigenvalue weighted by molar-refractivity contribution is -0.143. The Morgan fingerprint density at radius 1 is 1.00 bits per heavy atom. The van der Waals surface area contributed by atoms with Crippen LogP contribution < -0.4 is 0 Å². The van der Waals surface area contributed by atoms with Gasteiger partial charge in [-0.1, -0.05) is 46.6 Å². The van der Waals surface area contributed by atoms with Crippen LogP contribution in [-0.2, 0) is 18.9 Å². The van der Waals surface area contributed by atoms with Crippen LogP contribution in [0, 0.1) is 0 Å². The minimum Gasteiger partial charge on any atom is -0.330 e. The van der Waals surface area contributed by atoms with Crippen molar-refractivity contribution in [3.8, 4) is 0 Å². The van der Waals surface area contributed by atoms with Crippen LogP contribution in [0.2, 0.25) is 10.2 Å². The number of carbonyl (C=O) groups is 1. The van der Waals surface area contributed by atoms with Crippen molar-refractivity contribution in [3.05, 3.63) is 80.6 Å². The number of alkyl halides is 6. The van der Waals surface area contributed by atoms with E-state index in [9.17, 15) is 31.1 Å². The fourth-order valence-electron chi connectivity index (χ4n) is 4.03. The Balaban J connectivity index is 1.62. The number of halogens is 8. The quantitative estimate of drug-likeness (QED) is 0.351. The van der Waals surface area contributed by atoms with Crippen LogP contribution >= 0.6 is 23.2 Å². The van der Waals surface area contributed by atoms with Crippen molar-refractivity contribution in [3.63, 3.8) is 0 Å². The van der Waals surface area contributed by atoms with Crippen LogP contribution in [0.1, 0.15) is 51.6 Å². The molecule has 2 heterocycles. The van der Waals surface area contributed by atoms with Crippen LogP contribution in [0.3, 0.4) is 0 Å². The van der Waals surface area contributed by atoms with Crippen molar-refractivity contribution >= 4 is 29.1 Å². The van der Waals surface area contributed by atoms with Crippen molar-refractivity contribution in [2.45, 2.75) is 37.8 Å². The van der Waals surface area contributed by atoms with E-state index in [1.54, 1.807) is 24.3 Å². The summed E-state index contributed by atoms with van der Waals surface area (Å²) < 4.78 is 79.8. The van der Waals surface area contributed by atoms with Gasteiger partial charge in [0.05, 0.1) is 23.7 Å². The van der Waals surface area contributed by atoms with E-state index in [0.717, 1.165) is 10.2 Å². The first-order chi connectivity index (χ1) is 16.4. The maximum atomic E-state index is 13.2. The highest BCUT2D eigenvalue weighted by molar-refractivity contribution is 6.32. The normalized spacial score (nSPS) is 16.7. The molecule has 1 saturated heterocycles. The lowest BCUT2D eigenvalue weighted by atomic mass is 10.0. The van der Waals surface area contributed by atoms with Crippen LogP contribution in [0.4, 0.5) is 26.3 Å². The molecule has 1 aliphatic heterocycles. The zero-order valence-corrected chi connectivity index (χ0v) is 19.2. The largest absolute Gasteiger partial charge is 0.416 e. The monoisotopic (exact) mass is 536 g/mol. The summed E-state index contributed by atoms with van der Waals surface area (Å²) in [7, 11) is 0. The highest BCUT2D eigenvalue weighted by Gasteiger charge is 2.38. The van der Waals surface area contributed by atoms with Crippen molar-refractivity contribution in [1.29, 1.82) is 0 Å². The van der Waals surface area contributed by atoms with E-state index in [0.29, 0.717) is 36.5 Å². The molecule has 1 aromatic heterocycles. The van der Waals surface area contributed by atoms with Crippen LogP contribution in [-0.4, -0.2) is 32.3 Å². The minimum atomic E-state index is -4.99.